The number of hydrogen-bond donors (Lipinski definition) is 0. The summed E-state index contributed by atoms with van der Waals surface area (Å²) in [6.45, 7) is 6.60. The number of carbonyl (C=O) groups excluding carboxylic acids is 2. The molecule has 3 aromatic rings. The average Bonchev–Trinajstić information content (AvgIpc) is 2.89. The van der Waals surface area contributed by atoms with Crippen molar-refractivity contribution in [1.82, 2.24) is 0 Å². The van der Waals surface area contributed by atoms with Crippen LogP contribution < -0.4 is 9.47 Å². The molecule has 0 aromatic heterocycles. The Bertz CT molecular complexity index is 1160. The van der Waals surface area contributed by atoms with Crippen molar-refractivity contribution in [1.29, 1.82) is 0 Å². The number of esters is 2. The van der Waals surface area contributed by atoms with Gasteiger partial charge in [-0.3, -0.25) is 0 Å². The lowest BCUT2D eigenvalue weighted by Crippen LogP contribution is -2.35. The molecule has 1 saturated carbocycles. The van der Waals surface area contributed by atoms with Gasteiger partial charge in [0.25, 0.3) is 0 Å². The molecule has 36 heavy (non-hydrogen) atoms. The molecule has 3 atom stereocenters. The van der Waals surface area contributed by atoms with E-state index >= 15 is 0 Å². The zero-order valence-electron chi connectivity index (χ0n) is 21.4. The minimum absolute atomic E-state index is 0.0559. The summed E-state index contributed by atoms with van der Waals surface area (Å²) in [7, 11) is 1.63. The number of hydrogen-bond acceptors (Lipinski definition) is 5. The molecular weight excluding hydrogens is 452 g/mol. The Morgan fingerprint density at radius 2 is 1.28 bits per heavy atom. The van der Waals surface area contributed by atoms with Crippen molar-refractivity contribution < 1.29 is 23.8 Å². The number of ether oxygens (including phenoxy) is 3. The fourth-order valence-electron chi connectivity index (χ4n) is 4.86. The number of benzene rings is 3. The minimum atomic E-state index is -0.456. The first-order valence-corrected chi connectivity index (χ1v) is 12.6. The van der Waals surface area contributed by atoms with E-state index in [2.05, 4.69) is 20.8 Å². The fraction of sp³-hybridized carbons (Fsp3) is 0.355. The molecule has 0 bridgehead atoms. The van der Waals surface area contributed by atoms with Gasteiger partial charge in [0.15, 0.2) is 0 Å². The summed E-state index contributed by atoms with van der Waals surface area (Å²) in [4.78, 5) is 25.4. The van der Waals surface area contributed by atoms with E-state index in [1.165, 1.54) is 6.42 Å². The van der Waals surface area contributed by atoms with Gasteiger partial charge in [0, 0.05) is 0 Å². The second kappa shape index (κ2) is 11.4. The van der Waals surface area contributed by atoms with Crippen LogP contribution in [0.15, 0.2) is 72.8 Å². The van der Waals surface area contributed by atoms with Crippen molar-refractivity contribution in [2.45, 2.75) is 46.1 Å². The van der Waals surface area contributed by atoms with E-state index in [0.717, 1.165) is 29.7 Å². The van der Waals surface area contributed by atoms with Gasteiger partial charge in [-0.25, -0.2) is 9.59 Å². The van der Waals surface area contributed by atoms with Crippen molar-refractivity contribution in [2.24, 2.45) is 17.8 Å². The van der Waals surface area contributed by atoms with Gasteiger partial charge in [0.2, 0.25) is 0 Å². The smallest absolute Gasteiger partial charge is 0.343 e. The summed E-state index contributed by atoms with van der Waals surface area (Å²) in [6, 6.07) is 21.5. The van der Waals surface area contributed by atoms with Crippen molar-refractivity contribution >= 4 is 11.9 Å². The maximum Gasteiger partial charge on any atom is 0.343 e. The van der Waals surface area contributed by atoms with E-state index in [1.54, 1.807) is 43.5 Å². The summed E-state index contributed by atoms with van der Waals surface area (Å²) < 4.78 is 16.6. The van der Waals surface area contributed by atoms with E-state index in [4.69, 9.17) is 14.2 Å². The summed E-state index contributed by atoms with van der Waals surface area (Å²) >= 11 is 0. The van der Waals surface area contributed by atoms with Crippen LogP contribution in [0.3, 0.4) is 0 Å². The predicted octanol–water partition coefficient (Wildman–Crippen LogP) is 7.20. The molecule has 4 rings (SSSR count). The maximum atomic E-state index is 12.8. The van der Waals surface area contributed by atoms with Crippen LogP contribution in [0.4, 0.5) is 0 Å². The molecule has 1 aliphatic rings. The van der Waals surface area contributed by atoms with Gasteiger partial charge in [-0.2, -0.15) is 0 Å². The van der Waals surface area contributed by atoms with Crippen LogP contribution in [0.2, 0.25) is 0 Å². The molecule has 3 aromatic carbocycles. The van der Waals surface area contributed by atoms with Gasteiger partial charge in [0.05, 0.1) is 18.2 Å². The summed E-state index contributed by atoms with van der Waals surface area (Å²) in [5.74, 6) is 1.81. The Morgan fingerprint density at radius 3 is 1.86 bits per heavy atom. The third-order valence-corrected chi connectivity index (χ3v) is 7.06. The first-order chi connectivity index (χ1) is 17.3. The standard InChI is InChI=1S/C31H34O5/c1-20(2)28-18-5-21(3)19-29(28)36-31(33)25-12-16-27(17-13-25)35-30(32)24-8-6-22(7-9-24)23-10-14-26(34-4)15-11-23/h6-17,20-21,28-29H,5,18-19H2,1-4H3. The number of rotatable bonds is 7. The van der Waals surface area contributed by atoms with Crippen LogP contribution in [-0.2, 0) is 4.74 Å². The second-order valence-corrected chi connectivity index (χ2v) is 9.99. The molecule has 0 saturated heterocycles. The molecule has 5 heteroatoms. The minimum Gasteiger partial charge on any atom is -0.497 e. The third kappa shape index (κ3) is 6.14. The summed E-state index contributed by atoms with van der Waals surface area (Å²) in [5.41, 5.74) is 2.92. The summed E-state index contributed by atoms with van der Waals surface area (Å²) in [6.07, 6.45) is 3.12. The lowest BCUT2D eigenvalue weighted by atomic mass is 9.75. The van der Waals surface area contributed by atoms with E-state index in [-0.39, 0.29) is 12.1 Å². The highest BCUT2D eigenvalue weighted by atomic mass is 16.5. The predicted molar refractivity (Wildman–Crippen MR) is 140 cm³/mol. The van der Waals surface area contributed by atoms with Gasteiger partial charge in [-0.15, -0.1) is 0 Å². The first kappa shape index (κ1) is 25.5. The lowest BCUT2D eigenvalue weighted by molar-refractivity contribution is -0.0174. The van der Waals surface area contributed by atoms with E-state index < -0.39 is 5.97 Å². The average molecular weight is 487 g/mol. The zero-order chi connectivity index (χ0) is 25.7. The van der Waals surface area contributed by atoms with Gasteiger partial charge >= 0.3 is 11.9 Å². The SMILES string of the molecule is COc1ccc(-c2ccc(C(=O)Oc3ccc(C(=O)OC4CC(C)CCC4C(C)C)cc3)cc2)cc1. The lowest BCUT2D eigenvalue weighted by Gasteiger charge is -2.36. The molecule has 0 spiro atoms. The molecule has 0 aliphatic heterocycles. The largest absolute Gasteiger partial charge is 0.497 e. The molecule has 5 nitrogen and oxygen atoms in total. The Balaban J connectivity index is 1.36. The third-order valence-electron chi connectivity index (χ3n) is 7.06. The Kier molecular flexibility index (Phi) is 8.09. The topological polar surface area (TPSA) is 61.8 Å². The van der Waals surface area contributed by atoms with Gasteiger partial charge in [0.1, 0.15) is 17.6 Å². The van der Waals surface area contributed by atoms with E-state index in [0.29, 0.717) is 34.6 Å². The first-order valence-electron chi connectivity index (χ1n) is 12.6. The number of carbonyl (C=O) groups is 2. The molecule has 0 heterocycles. The maximum absolute atomic E-state index is 12.8. The summed E-state index contributed by atoms with van der Waals surface area (Å²) in [5, 5.41) is 0. The second-order valence-electron chi connectivity index (χ2n) is 9.99. The fourth-order valence-corrected chi connectivity index (χ4v) is 4.86. The highest BCUT2D eigenvalue weighted by Gasteiger charge is 2.33. The molecule has 1 aliphatic carbocycles. The molecule has 1 fully saturated rings. The monoisotopic (exact) mass is 486 g/mol. The van der Waals surface area contributed by atoms with E-state index in [1.807, 2.05) is 36.4 Å². The van der Waals surface area contributed by atoms with Crippen molar-refractivity contribution in [3.05, 3.63) is 83.9 Å². The molecule has 3 unspecified atom stereocenters. The van der Waals surface area contributed by atoms with Crippen LogP contribution in [0.1, 0.15) is 60.7 Å². The van der Waals surface area contributed by atoms with Crippen molar-refractivity contribution in [2.75, 3.05) is 7.11 Å². The van der Waals surface area contributed by atoms with Crippen LogP contribution in [0, 0.1) is 17.8 Å². The van der Waals surface area contributed by atoms with Crippen LogP contribution >= 0.6 is 0 Å². The highest BCUT2D eigenvalue weighted by Crippen LogP contribution is 2.35. The number of methoxy groups -OCH3 is 1. The van der Waals surface area contributed by atoms with E-state index in [9.17, 15) is 9.59 Å². The Morgan fingerprint density at radius 1 is 0.750 bits per heavy atom. The van der Waals surface area contributed by atoms with Crippen molar-refractivity contribution in [3.8, 4) is 22.6 Å². The van der Waals surface area contributed by atoms with Gasteiger partial charge < -0.3 is 14.2 Å². The Hall–Kier alpha value is -3.60. The molecular formula is C31H34O5. The molecule has 0 amide bonds. The van der Waals surface area contributed by atoms with Crippen molar-refractivity contribution in [3.63, 3.8) is 0 Å². The normalized spacial score (nSPS) is 19.5. The van der Waals surface area contributed by atoms with Crippen LogP contribution in [0.5, 0.6) is 11.5 Å². The molecule has 188 valence electrons. The Labute approximate surface area is 213 Å². The molecule has 0 N–H and O–H groups in total. The molecule has 0 radical (unpaired) electrons. The van der Waals surface area contributed by atoms with Crippen LogP contribution in [0.25, 0.3) is 11.1 Å². The van der Waals surface area contributed by atoms with Crippen LogP contribution in [-0.4, -0.2) is 25.2 Å². The zero-order valence-corrected chi connectivity index (χ0v) is 21.4. The van der Waals surface area contributed by atoms with Gasteiger partial charge in [-0.1, -0.05) is 51.5 Å². The van der Waals surface area contributed by atoms with Gasteiger partial charge in [-0.05, 0) is 90.3 Å². The quantitative estimate of drug-likeness (QED) is 0.261. The highest BCUT2D eigenvalue weighted by molar-refractivity contribution is 5.92.